The number of carboxylic acids is 1. The van der Waals surface area contributed by atoms with E-state index in [-0.39, 0.29) is 16.1 Å². The van der Waals surface area contributed by atoms with Crippen molar-refractivity contribution < 1.29 is 9.90 Å². The summed E-state index contributed by atoms with van der Waals surface area (Å²) >= 11 is 5.79. The van der Waals surface area contributed by atoms with Gasteiger partial charge in [0.15, 0.2) is 0 Å². The van der Waals surface area contributed by atoms with Crippen molar-refractivity contribution in [2.24, 2.45) is 0 Å². The van der Waals surface area contributed by atoms with E-state index in [0.717, 1.165) is 0 Å². The van der Waals surface area contributed by atoms with Gasteiger partial charge in [-0.15, -0.1) is 0 Å². The van der Waals surface area contributed by atoms with Crippen molar-refractivity contribution in [2.45, 2.75) is 13.3 Å². The molecule has 0 aliphatic heterocycles. The lowest BCUT2D eigenvalue weighted by atomic mass is 10.2. The molecule has 0 aliphatic carbocycles. The maximum absolute atomic E-state index is 11.4. The molecule has 0 radical (unpaired) electrons. The van der Waals surface area contributed by atoms with Gasteiger partial charge in [-0.1, -0.05) is 18.5 Å². The number of aromatic amines is 1. The molecule has 0 bridgehead atoms. The average Bonchev–Trinajstić information content (AvgIpc) is 2.40. The number of aromatic carboxylic acids is 1. The number of nitrogens with one attached hydrogen (secondary N) is 2. The van der Waals surface area contributed by atoms with Crippen LogP contribution in [0.5, 0.6) is 0 Å². The molecular weight excluding hydrogens is 282 g/mol. The van der Waals surface area contributed by atoms with Crippen LogP contribution in [0, 0.1) is 0 Å². The van der Waals surface area contributed by atoms with Gasteiger partial charge in [0.25, 0.3) is 5.56 Å². The lowest BCUT2D eigenvalue weighted by Crippen LogP contribution is -2.11. The summed E-state index contributed by atoms with van der Waals surface area (Å²) in [7, 11) is 0. The molecular formula is C13H12ClN3O3. The first kappa shape index (κ1) is 14.1. The van der Waals surface area contributed by atoms with Crippen molar-refractivity contribution in [3.05, 3.63) is 51.0 Å². The summed E-state index contributed by atoms with van der Waals surface area (Å²) in [4.78, 5) is 29.2. The molecule has 1 aromatic carbocycles. The first-order valence-corrected chi connectivity index (χ1v) is 6.27. The largest absolute Gasteiger partial charge is 0.478 e. The molecule has 7 heteroatoms. The highest BCUT2D eigenvalue weighted by Gasteiger charge is 2.10. The summed E-state index contributed by atoms with van der Waals surface area (Å²) in [5, 5.41) is 12.0. The smallest absolute Gasteiger partial charge is 0.337 e. The third kappa shape index (κ3) is 3.16. The first-order chi connectivity index (χ1) is 9.49. The van der Waals surface area contributed by atoms with Gasteiger partial charge in [0.2, 0.25) is 0 Å². The van der Waals surface area contributed by atoms with E-state index in [9.17, 15) is 9.59 Å². The summed E-state index contributed by atoms with van der Waals surface area (Å²) in [6.45, 7) is 1.87. The minimum Gasteiger partial charge on any atom is -0.478 e. The SMILES string of the molecule is CCc1nc(Nc2ccc(Cl)c(C(=O)O)c2)cc(=O)[nH]1. The fourth-order valence-corrected chi connectivity index (χ4v) is 1.85. The Bertz CT molecular complexity index is 712. The third-order valence-corrected chi connectivity index (χ3v) is 2.92. The molecule has 0 atom stereocenters. The van der Waals surface area contributed by atoms with Gasteiger partial charge in [-0.25, -0.2) is 9.78 Å². The summed E-state index contributed by atoms with van der Waals surface area (Å²) in [5.74, 6) is -0.219. The molecule has 0 unspecified atom stereocenters. The number of halogens is 1. The van der Waals surface area contributed by atoms with Gasteiger partial charge in [0, 0.05) is 18.2 Å². The highest BCUT2D eigenvalue weighted by atomic mass is 35.5. The first-order valence-electron chi connectivity index (χ1n) is 5.89. The molecule has 0 fully saturated rings. The highest BCUT2D eigenvalue weighted by Crippen LogP contribution is 2.22. The average molecular weight is 294 g/mol. The van der Waals surface area contributed by atoms with Gasteiger partial charge in [-0.05, 0) is 18.2 Å². The van der Waals surface area contributed by atoms with Crippen molar-refractivity contribution >= 4 is 29.1 Å². The zero-order chi connectivity index (χ0) is 14.7. The topological polar surface area (TPSA) is 95.1 Å². The Morgan fingerprint density at radius 3 is 2.85 bits per heavy atom. The van der Waals surface area contributed by atoms with Crippen LogP contribution in [0.1, 0.15) is 23.1 Å². The maximum Gasteiger partial charge on any atom is 0.337 e. The van der Waals surface area contributed by atoms with Crippen LogP contribution in [0.25, 0.3) is 0 Å². The minimum atomic E-state index is -1.12. The van der Waals surface area contributed by atoms with Gasteiger partial charge >= 0.3 is 5.97 Å². The quantitative estimate of drug-likeness (QED) is 0.804. The normalized spacial score (nSPS) is 10.3. The predicted molar refractivity (Wildman–Crippen MR) is 75.9 cm³/mol. The molecule has 104 valence electrons. The van der Waals surface area contributed by atoms with Crippen molar-refractivity contribution in [2.75, 3.05) is 5.32 Å². The molecule has 1 aromatic heterocycles. The Hall–Kier alpha value is -2.34. The van der Waals surface area contributed by atoms with Crippen LogP contribution < -0.4 is 10.9 Å². The van der Waals surface area contributed by atoms with E-state index in [2.05, 4.69) is 15.3 Å². The van der Waals surface area contributed by atoms with Gasteiger partial charge < -0.3 is 15.4 Å². The van der Waals surface area contributed by atoms with Crippen LogP contribution in [0.15, 0.2) is 29.1 Å². The summed E-state index contributed by atoms with van der Waals surface area (Å²) in [6.07, 6.45) is 0.589. The molecule has 6 nitrogen and oxygen atoms in total. The molecule has 2 rings (SSSR count). The Balaban J connectivity index is 2.35. The zero-order valence-corrected chi connectivity index (χ0v) is 11.4. The number of H-pyrrole nitrogens is 1. The number of carboxylic acid groups (broad SMARTS) is 1. The molecule has 2 aromatic rings. The zero-order valence-electron chi connectivity index (χ0n) is 10.6. The predicted octanol–water partition coefficient (Wildman–Crippen LogP) is 2.43. The maximum atomic E-state index is 11.4. The van der Waals surface area contributed by atoms with Crippen molar-refractivity contribution in [3.63, 3.8) is 0 Å². The lowest BCUT2D eigenvalue weighted by Gasteiger charge is -2.08. The van der Waals surface area contributed by atoms with Crippen molar-refractivity contribution in [3.8, 4) is 0 Å². The Morgan fingerprint density at radius 1 is 1.45 bits per heavy atom. The number of aromatic nitrogens is 2. The second kappa shape index (κ2) is 5.75. The van der Waals surface area contributed by atoms with Crippen LogP contribution in [0.2, 0.25) is 5.02 Å². The van der Waals surface area contributed by atoms with Crippen molar-refractivity contribution in [1.29, 1.82) is 0 Å². The molecule has 0 saturated heterocycles. The number of carbonyl (C=O) groups is 1. The number of anilines is 2. The number of rotatable bonds is 4. The van der Waals surface area contributed by atoms with E-state index in [1.165, 1.54) is 18.2 Å². The van der Waals surface area contributed by atoms with E-state index in [0.29, 0.717) is 23.8 Å². The molecule has 0 amide bonds. The van der Waals surface area contributed by atoms with Gasteiger partial charge in [0.05, 0.1) is 10.6 Å². The van der Waals surface area contributed by atoms with E-state index < -0.39 is 5.97 Å². The van der Waals surface area contributed by atoms with E-state index in [4.69, 9.17) is 16.7 Å². The summed E-state index contributed by atoms with van der Waals surface area (Å²) in [5.41, 5.74) is 0.205. The molecule has 0 aliphatic rings. The molecule has 0 saturated carbocycles. The van der Waals surface area contributed by atoms with E-state index in [1.54, 1.807) is 6.07 Å². The fraction of sp³-hybridized carbons (Fsp3) is 0.154. The number of aryl methyl sites for hydroxylation is 1. The van der Waals surface area contributed by atoms with Crippen LogP contribution in [0.4, 0.5) is 11.5 Å². The number of nitrogens with zero attached hydrogens (tertiary/aromatic N) is 1. The van der Waals surface area contributed by atoms with Crippen LogP contribution in [-0.4, -0.2) is 21.0 Å². The summed E-state index contributed by atoms with van der Waals surface area (Å²) in [6, 6.07) is 5.78. The fourth-order valence-electron chi connectivity index (χ4n) is 1.65. The van der Waals surface area contributed by atoms with Crippen LogP contribution >= 0.6 is 11.6 Å². The van der Waals surface area contributed by atoms with E-state index in [1.807, 2.05) is 6.92 Å². The second-order valence-corrected chi connectivity index (χ2v) is 4.46. The monoisotopic (exact) mass is 293 g/mol. The van der Waals surface area contributed by atoms with Crippen LogP contribution in [-0.2, 0) is 6.42 Å². The number of benzene rings is 1. The molecule has 3 N–H and O–H groups in total. The lowest BCUT2D eigenvalue weighted by molar-refractivity contribution is 0.0697. The molecule has 1 heterocycles. The highest BCUT2D eigenvalue weighted by molar-refractivity contribution is 6.33. The second-order valence-electron chi connectivity index (χ2n) is 4.06. The standard InChI is InChI=1S/C13H12ClN3O3/c1-2-10-16-11(6-12(18)17-10)15-7-3-4-9(14)8(5-7)13(19)20/h3-6H,2H2,1H3,(H,19,20)(H2,15,16,17,18). The minimum absolute atomic E-state index is 0.0165. The van der Waals surface area contributed by atoms with E-state index >= 15 is 0 Å². The Labute approximate surface area is 119 Å². The Kier molecular flexibility index (Phi) is 4.05. The number of hydrogen-bond donors (Lipinski definition) is 3. The van der Waals surface area contributed by atoms with Crippen LogP contribution in [0.3, 0.4) is 0 Å². The third-order valence-electron chi connectivity index (χ3n) is 2.59. The van der Waals surface area contributed by atoms with Crippen molar-refractivity contribution in [1.82, 2.24) is 9.97 Å². The van der Waals surface area contributed by atoms with Gasteiger partial charge in [-0.2, -0.15) is 0 Å². The van der Waals surface area contributed by atoms with Gasteiger partial charge in [0.1, 0.15) is 11.6 Å². The van der Waals surface area contributed by atoms with Gasteiger partial charge in [-0.3, -0.25) is 4.79 Å². The summed E-state index contributed by atoms with van der Waals surface area (Å²) < 4.78 is 0. The number of hydrogen-bond acceptors (Lipinski definition) is 4. The molecule has 20 heavy (non-hydrogen) atoms. The molecule has 0 spiro atoms. The Morgan fingerprint density at radius 2 is 2.20 bits per heavy atom.